The average Bonchev–Trinajstić information content (AvgIpc) is 2.56. The van der Waals surface area contributed by atoms with Crippen LogP contribution in [0.1, 0.15) is 6.92 Å². The van der Waals surface area contributed by atoms with E-state index in [4.69, 9.17) is 5.11 Å². The van der Waals surface area contributed by atoms with Gasteiger partial charge in [0.25, 0.3) is 0 Å². The summed E-state index contributed by atoms with van der Waals surface area (Å²) >= 11 is 0. The molecule has 2 N–H and O–H groups in total. The number of aromatic nitrogens is 3. The smallest absolute Gasteiger partial charge is 0.325 e. The third kappa shape index (κ3) is 2.03. The van der Waals surface area contributed by atoms with Crippen LogP contribution in [0.25, 0.3) is 0 Å². The van der Waals surface area contributed by atoms with Gasteiger partial charge in [-0.3, -0.25) is 9.48 Å². The lowest BCUT2D eigenvalue weighted by Gasteiger charge is -2.23. The number of nitrogens with zero attached hydrogens (tertiary/aromatic N) is 3. The highest BCUT2D eigenvalue weighted by molar-refractivity contribution is 5.78. The van der Waals surface area contributed by atoms with Crippen molar-refractivity contribution in [3.63, 3.8) is 0 Å². The molecule has 72 valence electrons. The van der Waals surface area contributed by atoms with Crippen molar-refractivity contribution >= 4 is 5.97 Å². The van der Waals surface area contributed by atoms with Crippen LogP contribution < -0.4 is 5.32 Å². The minimum Gasteiger partial charge on any atom is -0.480 e. The normalized spacial score (nSPS) is 15.2. The van der Waals surface area contributed by atoms with Crippen LogP contribution in [0.15, 0.2) is 12.7 Å². The summed E-state index contributed by atoms with van der Waals surface area (Å²) in [6, 6.07) is 0. The Morgan fingerprint density at radius 3 is 2.85 bits per heavy atom. The molecular formula is C7H12N4O2. The SMILES string of the molecule is CNC(C)(Cn1cncn1)C(=O)O. The van der Waals surface area contributed by atoms with E-state index in [0.717, 1.165) is 0 Å². The van der Waals surface area contributed by atoms with E-state index >= 15 is 0 Å². The lowest BCUT2D eigenvalue weighted by Crippen LogP contribution is -2.50. The van der Waals surface area contributed by atoms with Gasteiger partial charge < -0.3 is 10.4 Å². The van der Waals surface area contributed by atoms with Crippen LogP contribution in [0.2, 0.25) is 0 Å². The Kier molecular flexibility index (Phi) is 2.62. The van der Waals surface area contributed by atoms with Crippen molar-refractivity contribution in [2.45, 2.75) is 19.0 Å². The molecule has 6 nitrogen and oxygen atoms in total. The maximum absolute atomic E-state index is 10.9. The zero-order chi connectivity index (χ0) is 9.90. The van der Waals surface area contributed by atoms with Gasteiger partial charge in [0, 0.05) is 0 Å². The molecule has 0 saturated heterocycles. The highest BCUT2D eigenvalue weighted by atomic mass is 16.4. The first-order valence-corrected chi connectivity index (χ1v) is 3.83. The maximum Gasteiger partial charge on any atom is 0.325 e. The van der Waals surface area contributed by atoms with Gasteiger partial charge in [0.1, 0.15) is 18.2 Å². The van der Waals surface area contributed by atoms with E-state index < -0.39 is 11.5 Å². The van der Waals surface area contributed by atoms with E-state index in [1.54, 1.807) is 14.0 Å². The summed E-state index contributed by atoms with van der Waals surface area (Å²) in [6.07, 6.45) is 2.86. The van der Waals surface area contributed by atoms with Gasteiger partial charge in [0.2, 0.25) is 0 Å². The molecule has 0 saturated carbocycles. The molecule has 0 radical (unpaired) electrons. The number of nitrogens with one attached hydrogen (secondary N) is 1. The highest BCUT2D eigenvalue weighted by Crippen LogP contribution is 2.05. The van der Waals surface area contributed by atoms with Crippen LogP contribution in [-0.4, -0.2) is 38.4 Å². The monoisotopic (exact) mass is 184 g/mol. The molecule has 0 aliphatic carbocycles. The standard InChI is InChI=1S/C7H12N4O2/c1-7(8-2,6(12)13)3-11-5-9-4-10-11/h4-5,8H,3H2,1-2H3,(H,12,13). The van der Waals surface area contributed by atoms with Crippen molar-refractivity contribution in [2.75, 3.05) is 7.05 Å². The first-order valence-electron chi connectivity index (χ1n) is 3.83. The van der Waals surface area contributed by atoms with Gasteiger partial charge in [-0.15, -0.1) is 0 Å². The molecule has 0 spiro atoms. The molecule has 13 heavy (non-hydrogen) atoms. The van der Waals surface area contributed by atoms with Crippen molar-refractivity contribution in [1.29, 1.82) is 0 Å². The van der Waals surface area contributed by atoms with Crippen molar-refractivity contribution in [2.24, 2.45) is 0 Å². The van der Waals surface area contributed by atoms with Gasteiger partial charge in [-0.05, 0) is 14.0 Å². The molecule has 0 fully saturated rings. The van der Waals surface area contributed by atoms with Crippen LogP contribution in [0, 0.1) is 0 Å². The highest BCUT2D eigenvalue weighted by Gasteiger charge is 2.31. The van der Waals surface area contributed by atoms with E-state index in [1.165, 1.54) is 17.3 Å². The number of carbonyl (C=O) groups is 1. The van der Waals surface area contributed by atoms with Crippen molar-refractivity contribution < 1.29 is 9.90 Å². The third-order valence-corrected chi connectivity index (χ3v) is 1.97. The molecule has 1 heterocycles. The molecule has 1 atom stereocenters. The number of hydrogen-bond acceptors (Lipinski definition) is 4. The zero-order valence-corrected chi connectivity index (χ0v) is 7.56. The lowest BCUT2D eigenvalue weighted by molar-refractivity contribution is -0.144. The Hall–Kier alpha value is -1.43. The summed E-state index contributed by atoms with van der Waals surface area (Å²) in [5.74, 6) is -0.912. The number of carboxylic acids is 1. The number of aliphatic carboxylic acids is 1. The van der Waals surface area contributed by atoms with Gasteiger partial charge in [-0.25, -0.2) is 4.98 Å². The van der Waals surface area contributed by atoms with Crippen molar-refractivity contribution in [1.82, 2.24) is 20.1 Å². The van der Waals surface area contributed by atoms with Gasteiger partial charge >= 0.3 is 5.97 Å². The molecule has 1 unspecified atom stereocenters. The molecule has 1 aromatic heterocycles. The second-order valence-corrected chi connectivity index (χ2v) is 2.98. The fraction of sp³-hybridized carbons (Fsp3) is 0.571. The summed E-state index contributed by atoms with van der Waals surface area (Å²) in [4.78, 5) is 14.6. The van der Waals surface area contributed by atoms with Crippen LogP contribution in [0.3, 0.4) is 0 Å². The summed E-state index contributed by atoms with van der Waals surface area (Å²) in [5.41, 5.74) is -1.01. The van der Waals surface area contributed by atoms with E-state index in [1.807, 2.05) is 0 Å². The van der Waals surface area contributed by atoms with E-state index in [9.17, 15) is 4.79 Å². The lowest BCUT2D eigenvalue weighted by atomic mass is 10.0. The van der Waals surface area contributed by atoms with Crippen LogP contribution in [0.5, 0.6) is 0 Å². The molecule has 6 heteroatoms. The summed E-state index contributed by atoms with van der Waals surface area (Å²) in [6.45, 7) is 1.84. The first kappa shape index (κ1) is 9.66. The molecule has 0 amide bonds. The molecular weight excluding hydrogens is 172 g/mol. The van der Waals surface area contributed by atoms with Crippen LogP contribution in [0.4, 0.5) is 0 Å². The molecule has 0 aliphatic rings. The second-order valence-electron chi connectivity index (χ2n) is 2.98. The van der Waals surface area contributed by atoms with Gasteiger partial charge in [0.05, 0.1) is 6.54 Å². The van der Waals surface area contributed by atoms with E-state index in [-0.39, 0.29) is 6.54 Å². The summed E-state index contributed by atoms with van der Waals surface area (Å²) in [7, 11) is 1.60. The number of carboxylic acid groups (broad SMARTS) is 1. The van der Waals surface area contributed by atoms with Crippen molar-refractivity contribution in [3.05, 3.63) is 12.7 Å². The molecule has 0 aliphatic heterocycles. The Bertz CT molecular complexity index is 285. The molecule has 0 aromatic carbocycles. The van der Waals surface area contributed by atoms with Gasteiger partial charge in [-0.1, -0.05) is 0 Å². The van der Waals surface area contributed by atoms with Crippen LogP contribution in [-0.2, 0) is 11.3 Å². The second kappa shape index (κ2) is 3.53. The Balaban J connectivity index is 2.75. The number of rotatable bonds is 4. The third-order valence-electron chi connectivity index (χ3n) is 1.97. The quantitative estimate of drug-likeness (QED) is 0.649. The van der Waals surface area contributed by atoms with Crippen LogP contribution >= 0.6 is 0 Å². The molecule has 1 rings (SSSR count). The molecule has 1 aromatic rings. The maximum atomic E-state index is 10.9. The average molecular weight is 184 g/mol. The predicted octanol–water partition coefficient (Wildman–Crippen LogP) is -0.659. The molecule has 0 bridgehead atoms. The van der Waals surface area contributed by atoms with E-state index in [2.05, 4.69) is 15.4 Å². The zero-order valence-electron chi connectivity index (χ0n) is 7.56. The fourth-order valence-electron chi connectivity index (χ4n) is 0.892. The Morgan fingerprint density at radius 1 is 1.77 bits per heavy atom. The Morgan fingerprint density at radius 2 is 2.46 bits per heavy atom. The summed E-state index contributed by atoms with van der Waals surface area (Å²) in [5, 5.41) is 15.5. The van der Waals surface area contributed by atoms with Gasteiger partial charge in [-0.2, -0.15) is 5.10 Å². The Labute approximate surface area is 75.6 Å². The minimum absolute atomic E-state index is 0.249. The first-order chi connectivity index (χ1) is 6.08. The fourth-order valence-corrected chi connectivity index (χ4v) is 0.892. The number of hydrogen-bond donors (Lipinski definition) is 2. The van der Waals surface area contributed by atoms with Crippen molar-refractivity contribution in [3.8, 4) is 0 Å². The minimum atomic E-state index is -1.01. The summed E-state index contributed by atoms with van der Waals surface area (Å²) < 4.78 is 1.48. The number of likely N-dealkylation sites (N-methyl/N-ethyl adjacent to an activating group) is 1. The largest absolute Gasteiger partial charge is 0.480 e. The van der Waals surface area contributed by atoms with E-state index in [0.29, 0.717) is 0 Å². The van der Waals surface area contributed by atoms with Gasteiger partial charge in [0.15, 0.2) is 0 Å². The topological polar surface area (TPSA) is 80.0 Å². The predicted molar refractivity (Wildman–Crippen MR) is 45.1 cm³/mol.